The number of ether oxygens (including phenoxy) is 2. The van der Waals surface area contributed by atoms with Gasteiger partial charge in [-0.3, -0.25) is 14.4 Å². The third-order valence-corrected chi connectivity index (χ3v) is 8.07. The fraction of sp³-hybridized carbons (Fsp3) is 0.433. The average molecular weight is 519 g/mol. The number of hydrogen-bond donors (Lipinski definition) is 1. The van der Waals surface area contributed by atoms with Crippen LogP contribution < -0.4 is 4.90 Å². The number of hydrogen-bond acceptors (Lipinski definition) is 6. The molecule has 3 aliphatic rings. The van der Waals surface area contributed by atoms with Gasteiger partial charge in [-0.05, 0) is 48.6 Å². The van der Waals surface area contributed by atoms with Gasteiger partial charge in [-0.1, -0.05) is 42.5 Å². The van der Waals surface area contributed by atoms with Crippen molar-refractivity contribution in [3.63, 3.8) is 0 Å². The number of unbranched alkanes of at least 4 members (excludes halogenated alkanes) is 1. The molecule has 0 aliphatic carbocycles. The molecule has 8 nitrogen and oxygen atoms in total. The number of aliphatic hydroxyl groups excluding tert-OH is 1. The van der Waals surface area contributed by atoms with E-state index in [1.807, 2.05) is 42.5 Å². The summed E-state index contributed by atoms with van der Waals surface area (Å²) in [7, 11) is 0. The van der Waals surface area contributed by atoms with Crippen LogP contribution in [-0.2, 0) is 23.9 Å². The smallest absolute Gasteiger partial charge is 0.312 e. The van der Waals surface area contributed by atoms with E-state index >= 15 is 0 Å². The number of aliphatic hydroxyl groups is 1. The van der Waals surface area contributed by atoms with Gasteiger partial charge in [0.25, 0.3) is 5.91 Å². The van der Waals surface area contributed by atoms with E-state index in [2.05, 4.69) is 13.2 Å². The fourth-order valence-corrected chi connectivity index (χ4v) is 6.49. The fourth-order valence-electron chi connectivity index (χ4n) is 6.49. The SMILES string of the molecule is C=CCCCOC(=O)[C@@H]1[C@@H]2CCC3(O2)C(C(=O)N(CC=C)c2ccc4ccccc4c2)N(CCO)C(=O)[C@H]13. The van der Waals surface area contributed by atoms with Crippen LogP contribution in [0.3, 0.4) is 0 Å². The second kappa shape index (κ2) is 10.7. The molecule has 2 aromatic rings. The van der Waals surface area contributed by atoms with Gasteiger partial charge in [0.15, 0.2) is 0 Å². The lowest BCUT2D eigenvalue weighted by Gasteiger charge is -2.36. The second-order valence-electron chi connectivity index (χ2n) is 10.2. The Morgan fingerprint density at radius 2 is 1.97 bits per heavy atom. The van der Waals surface area contributed by atoms with E-state index in [4.69, 9.17) is 9.47 Å². The summed E-state index contributed by atoms with van der Waals surface area (Å²) in [6, 6.07) is 12.7. The summed E-state index contributed by atoms with van der Waals surface area (Å²) < 4.78 is 12.0. The molecule has 3 aliphatic heterocycles. The molecule has 2 aromatic carbocycles. The Kier molecular flexibility index (Phi) is 7.36. The summed E-state index contributed by atoms with van der Waals surface area (Å²) in [4.78, 5) is 44.3. The molecular weight excluding hydrogens is 484 g/mol. The zero-order valence-corrected chi connectivity index (χ0v) is 21.5. The molecule has 200 valence electrons. The van der Waals surface area contributed by atoms with Gasteiger partial charge in [-0.2, -0.15) is 0 Å². The highest BCUT2D eigenvalue weighted by Crippen LogP contribution is 2.58. The Labute approximate surface area is 222 Å². The zero-order valence-electron chi connectivity index (χ0n) is 21.5. The third kappa shape index (κ3) is 4.22. The number of carbonyl (C=O) groups is 3. The van der Waals surface area contributed by atoms with Gasteiger partial charge in [0, 0.05) is 18.8 Å². The van der Waals surface area contributed by atoms with Crippen LogP contribution in [0.1, 0.15) is 25.7 Å². The molecule has 0 radical (unpaired) electrons. The monoisotopic (exact) mass is 518 g/mol. The maximum atomic E-state index is 14.3. The van der Waals surface area contributed by atoms with Gasteiger partial charge < -0.3 is 24.4 Å². The molecule has 8 heteroatoms. The first-order valence-corrected chi connectivity index (χ1v) is 13.2. The van der Waals surface area contributed by atoms with Crippen LogP contribution in [0.5, 0.6) is 0 Å². The summed E-state index contributed by atoms with van der Waals surface area (Å²) in [6.07, 6.45) is 5.34. The number of carbonyl (C=O) groups excluding carboxylic acids is 3. The number of amides is 2. The lowest BCUT2D eigenvalue weighted by Crippen LogP contribution is -2.56. The molecule has 3 saturated heterocycles. The minimum atomic E-state index is -1.14. The van der Waals surface area contributed by atoms with Crippen molar-refractivity contribution in [3.8, 4) is 0 Å². The van der Waals surface area contributed by atoms with Crippen LogP contribution in [0.2, 0.25) is 0 Å². The predicted molar refractivity (Wildman–Crippen MR) is 143 cm³/mol. The minimum Gasteiger partial charge on any atom is -0.465 e. The molecule has 1 spiro atoms. The number of fused-ring (bicyclic) bond motifs is 2. The Hall–Kier alpha value is -3.49. The van der Waals surface area contributed by atoms with Gasteiger partial charge in [0.1, 0.15) is 11.6 Å². The normalized spacial score (nSPS) is 27.4. The number of anilines is 1. The van der Waals surface area contributed by atoms with Crippen molar-refractivity contribution in [1.29, 1.82) is 0 Å². The van der Waals surface area contributed by atoms with Gasteiger partial charge in [-0.25, -0.2) is 0 Å². The number of esters is 1. The first kappa shape index (κ1) is 26.1. The third-order valence-electron chi connectivity index (χ3n) is 8.07. The Morgan fingerprint density at radius 3 is 2.71 bits per heavy atom. The Bertz CT molecular complexity index is 1260. The average Bonchev–Trinajstić information content (AvgIpc) is 3.57. The minimum absolute atomic E-state index is 0.0255. The van der Waals surface area contributed by atoms with Crippen molar-refractivity contribution in [2.45, 2.75) is 43.4 Å². The van der Waals surface area contributed by atoms with Crippen molar-refractivity contribution in [2.24, 2.45) is 11.8 Å². The lowest BCUT2D eigenvalue weighted by atomic mass is 9.70. The molecule has 0 aromatic heterocycles. The first-order valence-electron chi connectivity index (χ1n) is 13.2. The Morgan fingerprint density at radius 1 is 1.18 bits per heavy atom. The highest BCUT2D eigenvalue weighted by Gasteiger charge is 2.75. The van der Waals surface area contributed by atoms with Crippen molar-refractivity contribution < 1.29 is 29.0 Å². The maximum absolute atomic E-state index is 14.3. The van der Waals surface area contributed by atoms with E-state index in [1.54, 1.807) is 17.1 Å². The van der Waals surface area contributed by atoms with Gasteiger partial charge >= 0.3 is 5.97 Å². The topological polar surface area (TPSA) is 96.4 Å². The van der Waals surface area contributed by atoms with Crippen LogP contribution in [0, 0.1) is 11.8 Å². The molecule has 0 saturated carbocycles. The first-order chi connectivity index (χ1) is 18.5. The molecule has 2 unspecified atom stereocenters. The van der Waals surface area contributed by atoms with Crippen molar-refractivity contribution >= 4 is 34.2 Å². The summed E-state index contributed by atoms with van der Waals surface area (Å²) >= 11 is 0. The maximum Gasteiger partial charge on any atom is 0.312 e. The summed E-state index contributed by atoms with van der Waals surface area (Å²) in [5.74, 6) is -2.72. The molecule has 5 rings (SSSR count). The zero-order chi connectivity index (χ0) is 26.9. The molecule has 2 amide bonds. The number of rotatable bonds is 11. The van der Waals surface area contributed by atoms with E-state index in [0.29, 0.717) is 24.9 Å². The van der Waals surface area contributed by atoms with Crippen molar-refractivity contribution in [3.05, 3.63) is 67.8 Å². The molecule has 1 N–H and O–H groups in total. The number of likely N-dealkylation sites (tertiary alicyclic amines) is 1. The van der Waals surface area contributed by atoms with Crippen LogP contribution >= 0.6 is 0 Å². The predicted octanol–water partition coefficient (Wildman–Crippen LogP) is 3.24. The largest absolute Gasteiger partial charge is 0.465 e. The summed E-state index contributed by atoms with van der Waals surface area (Å²) in [5, 5.41) is 11.8. The van der Waals surface area contributed by atoms with Crippen LogP contribution in [0.15, 0.2) is 67.8 Å². The quantitative estimate of drug-likeness (QED) is 0.279. The van der Waals surface area contributed by atoms with Gasteiger partial charge in [0.2, 0.25) is 5.91 Å². The molecule has 3 fully saturated rings. The van der Waals surface area contributed by atoms with E-state index in [-0.39, 0.29) is 38.1 Å². The Balaban J connectivity index is 1.49. The number of β-amino-alcohol motifs (C(OH)–C–C–N with tert-alkyl or cyclic N) is 1. The molecular formula is C30H34N2O6. The molecule has 3 heterocycles. The number of nitrogens with zero attached hydrogens (tertiary/aromatic N) is 2. The van der Waals surface area contributed by atoms with Gasteiger partial charge in [0.05, 0.1) is 31.2 Å². The van der Waals surface area contributed by atoms with Gasteiger partial charge in [-0.15, -0.1) is 13.2 Å². The van der Waals surface area contributed by atoms with Crippen LogP contribution in [0.4, 0.5) is 5.69 Å². The molecule has 5 atom stereocenters. The highest BCUT2D eigenvalue weighted by atomic mass is 16.6. The molecule has 38 heavy (non-hydrogen) atoms. The standard InChI is InChI=1S/C30H34N2O6/c1-3-5-8-18-37-29(36)24-23-13-14-30(38-23)25(24)27(34)32(16-17-33)26(30)28(35)31(15-4-2)22-12-11-20-9-6-7-10-21(20)19-22/h3-4,6-7,9-12,19,23-26,33H,1-2,5,8,13-18H2/t23-,24+,25-,26?,30?/m0/s1. The number of benzene rings is 2. The highest BCUT2D eigenvalue weighted by molar-refractivity contribution is 6.05. The number of allylic oxidation sites excluding steroid dienone is 1. The van der Waals surface area contributed by atoms with Crippen LogP contribution in [-0.4, -0.2) is 71.8 Å². The summed E-state index contributed by atoms with van der Waals surface area (Å²) in [6.45, 7) is 7.65. The van der Waals surface area contributed by atoms with E-state index < -0.39 is 35.6 Å². The molecule has 2 bridgehead atoms. The van der Waals surface area contributed by atoms with Crippen molar-refractivity contribution in [1.82, 2.24) is 4.90 Å². The second-order valence-corrected chi connectivity index (χ2v) is 10.2. The van der Waals surface area contributed by atoms with E-state index in [9.17, 15) is 19.5 Å². The van der Waals surface area contributed by atoms with Crippen LogP contribution in [0.25, 0.3) is 10.8 Å². The summed E-state index contributed by atoms with van der Waals surface area (Å²) in [5.41, 5.74) is -0.467. The van der Waals surface area contributed by atoms with E-state index in [0.717, 1.165) is 17.2 Å². The lowest BCUT2D eigenvalue weighted by molar-refractivity contribution is -0.155. The van der Waals surface area contributed by atoms with E-state index in [1.165, 1.54) is 4.90 Å². The van der Waals surface area contributed by atoms with Crippen molar-refractivity contribution in [2.75, 3.05) is 31.2 Å².